The number of rotatable bonds is 5. The fourth-order valence-corrected chi connectivity index (χ4v) is 5.41. The zero-order valence-corrected chi connectivity index (χ0v) is 20.0. The van der Waals surface area contributed by atoms with Crippen LogP contribution in [0.1, 0.15) is 50.6 Å². The molecule has 3 aliphatic rings. The molecule has 1 saturated heterocycles. The largest absolute Gasteiger partial charge is 0.456 e. The van der Waals surface area contributed by atoms with Gasteiger partial charge in [0.05, 0.1) is 17.9 Å². The van der Waals surface area contributed by atoms with Crippen molar-refractivity contribution in [2.75, 3.05) is 18.0 Å². The second-order valence-corrected chi connectivity index (χ2v) is 10.1. The van der Waals surface area contributed by atoms with E-state index in [0.717, 1.165) is 74.0 Å². The number of amides is 1. The third kappa shape index (κ3) is 4.33. The summed E-state index contributed by atoms with van der Waals surface area (Å²) in [7, 11) is 0. The molecular weight excluding hydrogens is 443 g/mol. The number of ether oxygens (including phenoxy) is 1. The molecular formula is C28H31FN4O2. The van der Waals surface area contributed by atoms with Crippen molar-refractivity contribution >= 4 is 11.6 Å². The zero-order valence-electron chi connectivity index (χ0n) is 20.0. The Bertz CT molecular complexity index is 1250. The van der Waals surface area contributed by atoms with Crippen LogP contribution in [0.5, 0.6) is 11.5 Å². The number of nitrogens with one attached hydrogen (secondary N) is 1. The average Bonchev–Trinajstić information content (AvgIpc) is 3.61. The maximum absolute atomic E-state index is 14.0. The highest BCUT2D eigenvalue weighted by atomic mass is 19.1. The summed E-state index contributed by atoms with van der Waals surface area (Å²) < 4.78 is 22.5. The first kappa shape index (κ1) is 22.3. The molecule has 1 atom stereocenters. The molecule has 3 aromatic rings. The van der Waals surface area contributed by atoms with E-state index in [9.17, 15) is 9.18 Å². The SMILES string of the molecule is CC1CCc2c(ccc(-c3cnn(C4CCNCC4)c3)c2Oc2cccc(F)c2)N1C(=O)C1CC1. The van der Waals surface area contributed by atoms with Gasteiger partial charge >= 0.3 is 0 Å². The molecule has 2 aliphatic heterocycles. The van der Waals surface area contributed by atoms with Crippen molar-refractivity contribution in [3.63, 3.8) is 0 Å². The highest BCUT2D eigenvalue weighted by Crippen LogP contribution is 2.46. The topological polar surface area (TPSA) is 59.4 Å². The molecule has 1 N–H and O–H groups in total. The number of hydrogen-bond donors (Lipinski definition) is 1. The van der Waals surface area contributed by atoms with Crippen LogP contribution in [0.15, 0.2) is 48.8 Å². The third-order valence-electron chi connectivity index (χ3n) is 7.52. The van der Waals surface area contributed by atoms with E-state index in [1.54, 1.807) is 12.1 Å². The van der Waals surface area contributed by atoms with Crippen LogP contribution in [-0.4, -0.2) is 34.8 Å². The summed E-state index contributed by atoms with van der Waals surface area (Å²) in [5, 5.41) is 8.09. The van der Waals surface area contributed by atoms with Crippen LogP contribution in [0, 0.1) is 11.7 Å². The molecule has 3 heterocycles. The number of anilines is 1. The maximum atomic E-state index is 14.0. The maximum Gasteiger partial charge on any atom is 0.230 e. The zero-order chi connectivity index (χ0) is 23.9. The van der Waals surface area contributed by atoms with Crippen molar-refractivity contribution in [1.82, 2.24) is 15.1 Å². The van der Waals surface area contributed by atoms with Crippen molar-refractivity contribution in [3.05, 3.63) is 60.2 Å². The standard InChI is InChI=1S/C28H31FN4O2/c1-18-5-8-25-26(33(18)28(34)19-6-7-19)10-9-24(27(25)35-23-4-2-3-21(29)15-23)20-16-31-32(17-20)22-11-13-30-14-12-22/h2-4,9-10,15-19,22,30H,5-8,11-14H2,1H3. The number of halogens is 1. The molecule has 182 valence electrons. The Hall–Kier alpha value is -3.19. The first-order valence-electron chi connectivity index (χ1n) is 12.8. The number of aromatic nitrogens is 2. The molecule has 0 bridgehead atoms. The highest BCUT2D eigenvalue weighted by molar-refractivity contribution is 5.99. The van der Waals surface area contributed by atoms with E-state index in [-0.39, 0.29) is 23.7 Å². The molecule has 1 aromatic heterocycles. The third-order valence-corrected chi connectivity index (χ3v) is 7.52. The quantitative estimate of drug-likeness (QED) is 0.532. The lowest BCUT2D eigenvalue weighted by Crippen LogP contribution is -2.43. The Morgan fingerprint density at radius 3 is 2.71 bits per heavy atom. The molecule has 0 radical (unpaired) electrons. The summed E-state index contributed by atoms with van der Waals surface area (Å²) >= 11 is 0. The fourth-order valence-electron chi connectivity index (χ4n) is 5.41. The Morgan fingerprint density at radius 2 is 1.94 bits per heavy atom. The van der Waals surface area contributed by atoms with Crippen LogP contribution in [-0.2, 0) is 11.2 Å². The van der Waals surface area contributed by atoms with Gasteiger partial charge in [-0.05, 0) is 82.8 Å². The van der Waals surface area contributed by atoms with Crippen LogP contribution < -0.4 is 15.0 Å². The number of hydrogen-bond acceptors (Lipinski definition) is 4. The van der Waals surface area contributed by atoms with Crippen molar-refractivity contribution in [2.24, 2.45) is 5.92 Å². The van der Waals surface area contributed by atoms with Gasteiger partial charge in [0.2, 0.25) is 5.91 Å². The molecule has 1 aliphatic carbocycles. The number of benzene rings is 2. The van der Waals surface area contributed by atoms with Crippen molar-refractivity contribution < 1.29 is 13.9 Å². The van der Waals surface area contributed by atoms with Gasteiger partial charge in [0.1, 0.15) is 17.3 Å². The number of piperidine rings is 1. The lowest BCUT2D eigenvalue weighted by Gasteiger charge is -2.36. The average molecular weight is 475 g/mol. The van der Waals surface area contributed by atoms with Crippen LogP contribution in [0.4, 0.5) is 10.1 Å². The van der Waals surface area contributed by atoms with Gasteiger partial charge in [0.15, 0.2) is 0 Å². The summed E-state index contributed by atoms with van der Waals surface area (Å²) in [4.78, 5) is 15.2. The van der Waals surface area contributed by atoms with Crippen molar-refractivity contribution in [1.29, 1.82) is 0 Å². The number of carbonyl (C=O) groups is 1. The minimum atomic E-state index is -0.341. The van der Waals surface area contributed by atoms with Crippen LogP contribution in [0.2, 0.25) is 0 Å². The molecule has 1 unspecified atom stereocenters. The minimum Gasteiger partial charge on any atom is -0.456 e. The van der Waals surface area contributed by atoms with Gasteiger partial charge in [-0.3, -0.25) is 9.48 Å². The lowest BCUT2D eigenvalue weighted by molar-refractivity contribution is -0.120. The van der Waals surface area contributed by atoms with Gasteiger partial charge in [-0.2, -0.15) is 5.10 Å². The normalized spacial score (nSPS) is 20.5. The number of nitrogens with zero attached hydrogens (tertiary/aromatic N) is 3. The van der Waals surface area contributed by atoms with E-state index in [4.69, 9.17) is 4.74 Å². The molecule has 0 spiro atoms. The predicted molar refractivity (Wildman–Crippen MR) is 133 cm³/mol. The van der Waals surface area contributed by atoms with Gasteiger partial charge in [0.25, 0.3) is 0 Å². The van der Waals surface area contributed by atoms with E-state index in [1.807, 2.05) is 17.2 Å². The monoisotopic (exact) mass is 474 g/mol. The Balaban J connectivity index is 1.44. The molecule has 6 rings (SSSR count). The highest BCUT2D eigenvalue weighted by Gasteiger charge is 2.39. The molecule has 6 nitrogen and oxygen atoms in total. The Labute approximate surface area is 205 Å². The van der Waals surface area contributed by atoms with Gasteiger partial charge < -0.3 is 15.0 Å². The van der Waals surface area contributed by atoms with Crippen LogP contribution >= 0.6 is 0 Å². The van der Waals surface area contributed by atoms with Gasteiger partial charge in [-0.1, -0.05) is 6.07 Å². The summed E-state index contributed by atoms with van der Waals surface area (Å²) in [6.45, 7) is 4.11. The van der Waals surface area contributed by atoms with Gasteiger partial charge in [-0.25, -0.2) is 4.39 Å². The number of carbonyl (C=O) groups excluding carboxylic acids is 1. The molecule has 35 heavy (non-hydrogen) atoms. The second-order valence-electron chi connectivity index (χ2n) is 10.1. The fraction of sp³-hybridized carbons (Fsp3) is 0.429. The van der Waals surface area contributed by atoms with Crippen molar-refractivity contribution in [2.45, 2.75) is 57.5 Å². The van der Waals surface area contributed by atoms with Gasteiger partial charge in [0, 0.05) is 40.9 Å². The summed E-state index contributed by atoms with van der Waals surface area (Å²) in [5.74, 6) is 1.15. The summed E-state index contributed by atoms with van der Waals surface area (Å²) in [5.41, 5.74) is 3.81. The summed E-state index contributed by atoms with van der Waals surface area (Å²) in [6, 6.07) is 10.8. The smallest absolute Gasteiger partial charge is 0.230 e. The van der Waals surface area contributed by atoms with E-state index in [1.165, 1.54) is 12.1 Å². The molecule has 1 amide bonds. The first-order chi connectivity index (χ1) is 17.1. The predicted octanol–water partition coefficient (Wildman–Crippen LogP) is 5.48. The number of fused-ring (bicyclic) bond motifs is 1. The van der Waals surface area contributed by atoms with Crippen LogP contribution in [0.25, 0.3) is 11.1 Å². The molecule has 7 heteroatoms. The van der Waals surface area contributed by atoms with Crippen molar-refractivity contribution in [3.8, 4) is 22.6 Å². The Morgan fingerprint density at radius 1 is 1.11 bits per heavy atom. The second kappa shape index (κ2) is 9.11. The molecule has 1 saturated carbocycles. The first-order valence-corrected chi connectivity index (χ1v) is 12.8. The lowest BCUT2D eigenvalue weighted by atomic mass is 9.92. The molecule has 2 fully saturated rings. The van der Waals surface area contributed by atoms with Gasteiger partial charge in [-0.15, -0.1) is 0 Å². The minimum absolute atomic E-state index is 0.138. The Kier molecular flexibility index (Phi) is 5.80. The van der Waals surface area contributed by atoms with E-state index < -0.39 is 0 Å². The van der Waals surface area contributed by atoms with E-state index in [2.05, 4.69) is 34.3 Å². The van der Waals surface area contributed by atoms with E-state index >= 15 is 0 Å². The molecule has 2 aromatic carbocycles. The summed E-state index contributed by atoms with van der Waals surface area (Å²) in [6.07, 6.45) is 9.68. The van der Waals surface area contributed by atoms with Crippen LogP contribution in [0.3, 0.4) is 0 Å². The van der Waals surface area contributed by atoms with E-state index in [0.29, 0.717) is 17.5 Å².